The van der Waals surface area contributed by atoms with Crippen LogP contribution in [0.3, 0.4) is 0 Å². The van der Waals surface area contributed by atoms with Crippen LogP contribution < -0.4 is 16.4 Å². The average Bonchev–Trinajstić information content (AvgIpc) is 2.80. The van der Waals surface area contributed by atoms with Gasteiger partial charge in [0.25, 0.3) is 0 Å². The molecule has 2 amide bonds. The van der Waals surface area contributed by atoms with E-state index >= 15 is 0 Å². The Bertz CT molecular complexity index is 867. The molecule has 0 saturated carbocycles. The van der Waals surface area contributed by atoms with Crippen molar-refractivity contribution in [3.05, 3.63) is 59.5 Å². The summed E-state index contributed by atoms with van der Waals surface area (Å²) < 4.78 is 13.4. The van der Waals surface area contributed by atoms with E-state index in [1.165, 1.54) is 18.6 Å². The van der Waals surface area contributed by atoms with Crippen LogP contribution in [0.4, 0.5) is 10.2 Å². The van der Waals surface area contributed by atoms with Gasteiger partial charge < -0.3 is 16.4 Å². The first-order valence-corrected chi connectivity index (χ1v) is 10.7. The molecule has 1 aliphatic rings. The van der Waals surface area contributed by atoms with Gasteiger partial charge in [0.05, 0.1) is 12.0 Å². The molecule has 7 nitrogen and oxygen atoms in total. The number of amides is 2. The van der Waals surface area contributed by atoms with Crippen molar-refractivity contribution in [1.82, 2.24) is 20.5 Å². The molecule has 4 N–H and O–H groups in total. The molecule has 1 aromatic carbocycles. The highest BCUT2D eigenvalue weighted by atomic mass is 19.1. The van der Waals surface area contributed by atoms with E-state index in [0.717, 1.165) is 31.5 Å². The largest absolute Gasteiger partial charge is 0.384 e. The molecule has 1 fully saturated rings. The minimum atomic E-state index is -0.639. The number of pyridine rings is 1. The number of aromatic nitrogens is 1. The zero-order valence-electron chi connectivity index (χ0n) is 17.8. The third kappa shape index (κ3) is 6.49. The number of hydrogen-bond acceptors (Lipinski definition) is 5. The van der Waals surface area contributed by atoms with Crippen LogP contribution in [0.25, 0.3) is 0 Å². The summed E-state index contributed by atoms with van der Waals surface area (Å²) in [5.41, 5.74) is 7.04. The van der Waals surface area contributed by atoms with Crippen molar-refractivity contribution < 1.29 is 14.0 Å². The molecule has 3 rings (SSSR count). The first-order valence-electron chi connectivity index (χ1n) is 10.7. The van der Waals surface area contributed by atoms with E-state index < -0.39 is 5.92 Å². The Morgan fingerprint density at radius 3 is 2.42 bits per heavy atom. The molecule has 1 aliphatic heterocycles. The van der Waals surface area contributed by atoms with E-state index in [-0.39, 0.29) is 36.8 Å². The van der Waals surface area contributed by atoms with Gasteiger partial charge in [-0.1, -0.05) is 24.6 Å². The molecule has 8 heteroatoms. The second-order valence-corrected chi connectivity index (χ2v) is 7.93. The van der Waals surface area contributed by atoms with E-state index in [4.69, 9.17) is 5.73 Å². The SMILES string of the molecule is C[C@@H](C(=O)NC[C@H](C(=O)NCc1ccc(N)nc1)c1ccc(F)cc1)N1CCCCC1. The number of nitrogens with zero attached hydrogens (tertiary/aromatic N) is 2. The molecule has 0 spiro atoms. The van der Waals surface area contributed by atoms with Crippen LogP contribution in [0.5, 0.6) is 0 Å². The summed E-state index contributed by atoms with van der Waals surface area (Å²) in [5.74, 6) is -0.970. The number of benzene rings is 1. The fraction of sp³-hybridized carbons (Fsp3) is 0.435. The second-order valence-electron chi connectivity index (χ2n) is 7.93. The fourth-order valence-electron chi connectivity index (χ4n) is 3.73. The van der Waals surface area contributed by atoms with Crippen LogP contribution >= 0.6 is 0 Å². The van der Waals surface area contributed by atoms with Crippen molar-refractivity contribution in [2.75, 3.05) is 25.4 Å². The van der Waals surface area contributed by atoms with E-state index in [9.17, 15) is 14.0 Å². The van der Waals surface area contributed by atoms with Gasteiger partial charge in [-0.05, 0) is 62.2 Å². The number of nitrogens with one attached hydrogen (secondary N) is 2. The first kappa shape index (κ1) is 22.7. The zero-order chi connectivity index (χ0) is 22.2. The molecule has 0 aliphatic carbocycles. The maximum Gasteiger partial charge on any atom is 0.237 e. The topological polar surface area (TPSA) is 100 Å². The van der Waals surface area contributed by atoms with Crippen LogP contribution in [0.2, 0.25) is 0 Å². The number of anilines is 1. The molecule has 31 heavy (non-hydrogen) atoms. The van der Waals surface area contributed by atoms with Crippen molar-refractivity contribution in [2.45, 2.75) is 44.7 Å². The van der Waals surface area contributed by atoms with E-state index in [1.807, 2.05) is 6.92 Å². The van der Waals surface area contributed by atoms with Crippen molar-refractivity contribution in [1.29, 1.82) is 0 Å². The van der Waals surface area contributed by atoms with Gasteiger partial charge in [0, 0.05) is 19.3 Å². The number of halogens is 1. The first-order chi connectivity index (χ1) is 14.9. The second kappa shape index (κ2) is 10.9. The normalized spacial score (nSPS) is 16.3. The lowest BCUT2D eigenvalue weighted by molar-refractivity contribution is -0.126. The third-order valence-corrected chi connectivity index (χ3v) is 5.70. The van der Waals surface area contributed by atoms with Gasteiger partial charge >= 0.3 is 0 Å². The van der Waals surface area contributed by atoms with Crippen molar-refractivity contribution in [3.63, 3.8) is 0 Å². The van der Waals surface area contributed by atoms with Crippen molar-refractivity contribution >= 4 is 17.6 Å². The number of likely N-dealkylation sites (tertiary alicyclic amines) is 1. The Labute approximate surface area is 182 Å². The Morgan fingerprint density at radius 2 is 1.77 bits per heavy atom. The lowest BCUT2D eigenvalue weighted by atomic mass is 9.97. The van der Waals surface area contributed by atoms with Crippen LogP contribution in [0.15, 0.2) is 42.6 Å². The van der Waals surface area contributed by atoms with Crippen LogP contribution in [-0.2, 0) is 16.1 Å². The van der Waals surface area contributed by atoms with Crippen LogP contribution in [0, 0.1) is 5.82 Å². The van der Waals surface area contributed by atoms with Gasteiger partial charge in [-0.25, -0.2) is 9.37 Å². The molecule has 1 aromatic heterocycles. The summed E-state index contributed by atoms with van der Waals surface area (Å²) in [7, 11) is 0. The van der Waals surface area contributed by atoms with Gasteiger partial charge in [0.2, 0.25) is 11.8 Å². The molecule has 2 aromatic rings. The van der Waals surface area contributed by atoms with Crippen LogP contribution in [0.1, 0.15) is 43.2 Å². The standard InChI is InChI=1S/C23H30FN5O2/c1-16(29-11-3-2-4-12-29)22(30)28-15-20(18-6-8-19(24)9-7-18)23(31)27-14-17-5-10-21(25)26-13-17/h5-10,13,16,20H,2-4,11-12,14-15H2,1H3,(H2,25,26)(H,27,31)(H,28,30)/t16-,20-/m0/s1. The molecule has 2 heterocycles. The van der Waals surface area contributed by atoms with E-state index in [0.29, 0.717) is 11.4 Å². The molecule has 0 unspecified atom stereocenters. The maximum atomic E-state index is 13.4. The number of nitrogens with two attached hydrogens (primary N) is 1. The summed E-state index contributed by atoms with van der Waals surface area (Å²) in [5, 5.41) is 5.79. The fourth-order valence-corrected chi connectivity index (χ4v) is 3.73. The van der Waals surface area contributed by atoms with Crippen molar-refractivity contribution in [2.24, 2.45) is 0 Å². The molecule has 0 radical (unpaired) electrons. The average molecular weight is 428 g/mol. The van der Waals surface area contributed by atoms with Gasteiger partial charge in [-0.15, -0.1) is 0 Å². The summed E-state index contributed by atoms with van der Waals surface area (Å²) in [6.07, 6.45) is 4.99. The third-order valence-electron chi connectivity index (χ3n) is 5.70. The summed E-state index contributed by atoms with van der Waals surface area (Å²) in [6, 6.07) is 8.99. The Kier molecular flexibility index (Phi) is 7.94. The summed E-state index contributed by atoms with van der Waals surface area (Å²) >= 11 is 0. The van der Waals surface area contributed by atoms with Crippen LogP contribution in [-0.4, -0.2) is 47.4 Å². The number of hydrogen-bond donors (Lipinski definition) is 3. The highest BCUT2D eigenvalue weighted by Gasteiger charge is 2.26. The number of rotatable bonds is 8. The Hall–Kier alpha value is -3.00. The monoisotopic (exact) mass is 427 g/mol. The predicted octanol–water partition coefficient (Wildman–Crippen LogP) is 2.19. The maximum absolute atomic E-state index is 13.4. The van der Waals surface area contributed by atoms with Crippen molar-refractivity contribution in [3.8, 4) is 0 Å². The molecular formula is C23H30FN5O2. The van der Waals surface area contributed by atoms with Gasteiger partial charge in [-0.2, -0.15) is 0 Å². The molecule has 0 bridgehead atoms. The predicted molar refractivity (Wildman–Crippen MR) is 118 cm³/mol. The number of nitrogen functional groups attached to an aromatic ring is 1. The van der Waals surface area contributed by atoms with E-state index in [1.54, 1.807) is 30.5 Å². The number of carbonyl (C=O) groups excluding carboxylic acids is 2. The summed E-state index contributed by atoms with van der Waals surface area (Å²) in [4.78, 5) is 31.8. The van der Waals surface area contributed by atoms with Gasteiger partial charge in [0.1, 0.15) is 11.6 Å². The summed E-state index contributed by atoms with van der Waals surface area (Å²) in [6.45, 7) is 4.12. The Balaban J connectivity index is 1.64. The highest BCUT2D eigenvalue weighted by Crippen LogP contribution is 2.17. The highest BCUT2D eigenvalue weighted by molar-refractivity contribution is 5.86. The van der Waals surface area contributed by atoms with E-state index in [2.05, 4.69) is 20.5 Å². The molecule has 1 saturated heterocycles. The molecule has 166 valence electrons. The number of piperidine rings is 1. The minimum absolute atomic E-state index is 0.107. The minimum Gasteiger partial charge on any atom is -0.384 e. The quantitative estimate of drug-likeness (QED) is 0.600. The smallest absolute Gasteiger partial charge is 0.237 e. The lowest BCUT2D eigenvalue weighted by Gasteiger charge is -2.31. The number of carbonyl (C=O) groups is 2. The lowest BCUT2D eigenvalue weighted by Crippen LogP contribution is -2.48. The zero-order valence-corrected chi connectivity index (χ0v) is 17.8. The molecular weight excluding hydrogens is 397 g/mol. The van der Waals surface area contributed by atoms with Gasteiger partial charge in [0.15, 0.2) is 0 Å². The Morgan fingerprint density at radius 1 is 1.06 bits per heavy atom. The van der Waals surface area contributed by atoms with Gasteiger partial charge in [-0.3, -0.25) is 14.5 Å². The molecule has 2 atom stereocenters.